The van der Waals surface area contributed by atoms with E-state index in [2.05, 4.69) is 12.1 Å². The Hall–Kier alpha value is -4.22. The van der Waals surface area contributed by atoms with Crippen LogP contribution in [0.5, 0.6) is 0 Å². The molecule has 0 aromatic heterocycles. The molecule has 0 aliphatic carbocycles. The van der Waals surface area contributed by atoms with Gasteiger partial charge >= 0.3 is 0 Å². The van der Waals surface area contributed by atoms with Crippen molar-refractivity contribution >= 4 is 57.4 Å². The Morgan fingerprint density at radius 1 is 0.757 bits per heavy atom. The van der Waals surface area contributed by atoms with Crippen LogP contribution in [0, 0.1) is 11.8 Å². The molecule has 2 saturated heterocycles. The molecule has 3 aliphatic heterocycles. The zero-order chi connectivity index (χ0) is 25.3. The van der Waals surface area contributed by atoms with E-state index in [1.165, 1.54) is 4.90 Å². The Balaban J connectivity index is 1.40. The molecule has 0 saturated carbocycles. The van der Waals surface area contributed by atoms with E-state index in [0.717, 1.165) is 22.0 Å². The van der Waals surface area contributed by atoms with Gasteiger partial charge in [-0.1, -0.05) is 84.4 Å². The van der Waals surface area contributed by atoms with Crippen molar-refractivity contribution in [2.45, 2.75) is 12.1 Å². The van der Waals surface area contributed by atoms with Crippen LogP contribution in [0.1, 0.15) is 15.9 Å². The molecule has 37 heavy (non-hydrogen) atoms. The molecule has 0 N–H and O–H groups in total. The monoisotopic (exact) mass is 504 g/mol. The molecule has 4 atom stereocenters. The molecule has 5 nitrogen and oxygen atoms in total. The van der Waals surface area contributed by atoms with Gasteiger partial charge in [0.25, 0.3) is 0 Å². The minimum atomic E-state index is -0.809. The molecule has 0 spiro atoms. The summed E-state index contributed by atoms with van der Waals surface area (Å²) in [4.78, 5) is 45.2. The average molecular weight is 505 g/mol. The Morgan fingerprint density at radius 3 is 2.24 bits per heavy atom. The predicted octanol–water partition coefficient (Wildman–Crippen LogP) is 5.77. The molecule has 4 aromatic carbocycles. The van der Waals surface area contributed by atoms with Crippen molar-refractivity contribution in [3.05, 3.63) is 113 Å². The number of anilines is 2. The Morgan fingerprint density at radius 2 is 1.46 bits per heavy atom. The van der Waals surface area contributed by atoms with Gasteiger partial charge in [-0.25, -0.2) is 4.90 Å². The van der Waals surface area contributed by atoms with E-state index in [1.807, 2.05) is 59.5 Å². The van der Waals surface area contributed by atoms with E-state index in [-0.39, 0.29) is 17.6 Å². The fraction of sp³-hybridized carbons (Fsp3) is 0.129. The van der Waals surface area contributed by atoms with Gasteiger partial charge in [0.15, 0.2) is 5.78 Å². The molecular formula is C31H21ClN2O3. The first-order valence-electron chi connectivity index (χ1n) is 12.3. The van der Waals surface area contributed by atoms with Gasteiger partial charge in [-0.3, -0.25) is 14.4 Å². The van der Waals surface area contributed by atoms with Crippen LogP contribution in [0.25, 0.3) is 16.8 Å². The van der Waals surface area contributed by atoms with Gasteiger partial charge in [0.05, 0.1) is 23.6 Å². The minimum absolute atomic E-state index is 0.161. The second-order valence-corrected chi connectivity index (χ2v) is 10.1. The van der Waals surface area contributed by atoms with Crippen molar-refractivity contribution in [2.24, 2.45) is 11.8 Å². The predicted molar refractivity (Wildman–Crippen MR) is 145 cm³/mol. The van der Waals surface area contributed by atoms with Gasteiger partial charge in [-0.15, -0.1) is 0 Å². The molecule has 4 unspecified atom stereocenters. The molecule has 3 aliphatic rings. The molecular weight excluding hydrogens is 484 g/mol. The normalized spacial score (nSPS) is 23.8. The lowest BCUT2D eigenvalue weighted by atomic mass is 9.86. The quantitative estimate of drug-likeness (QED) is 0.263. The maximum Gasteiger partial charge on any atom is 0.240 e. The van der Waals surface area contributed by atoms with E-state index in [9.17, 15) is 14.4 Å². The second-order valence-electron chi connectivity index (χ2n) is 9.69. The fourth-order valence-corrected chi connectivity index (χ4v) is 6.37. The number of hydrogen-bond acceptors (Lipinski definition) is 4. The topological polar surface area (TPSA) is 57.7 Å². The van der Waals surface area contributed by atoms with Crippen molar-refractivity contribution in [2.75, 3.05) is 9.80 Å². The maximum atomic E-state index is 14.1. The number of hydrogen-bond donors (Lipinski definition) is 0. The number of Topliss-reactive ketones (excluding diaryl/α,β-unsaturated/α-hetero) is 1. The summed E-state index contributed by atoms with van der Waals surface area (Å²) in [7, 11) is 0. The van der Waals surface area contributed by atoms with Gasteiger partial charge in [-0.2, -0.15) is 0 Å². The van der Waals surface area contributed by atoms with Gasteiger partial charge in [0.2, 0.25) is 11.8 Å². The van der Waals surface area contributed by atoms with Crippen molar-refractivity contribution in [1.29, 1.82) is 0 Å². The molecule has 2 fully saturated rings. The number of benzene rings is 4. The van der Waals surface area contributed by atoms with Crippen molar-refractivity contribution < 1.29 is 14.4 Å². The number of carbonyl (C=O) groups excluding carboxylic acids is 3. The van der Waals surface area contributed by atoms with Crippen molar-refractivity contribution in [3.8, 4) is 0 Å². The molecule has 3 heterocycles. The summed E-state index contributed by atoms with van der Waals surface area (Å²) < 4.78 is 0. The van der Waals surface area contributed by atoms with Crippen molar-refractivity contribution in [1.82, 2.24) is 0 Å². The largest absolute Gasteiger partial charge is 0.352 e. The zero-order valence-electron chi connectivity index (χ0n) is 19.6. The first-order valence-corrected chi connectivity index (χ1v) is 12.6. The summed E-state index contributed by atoms with van der Waals surface area (Å²) in [6, 6.07) is 26.6. The summed E-state index contributed by atoms with van der Waals surface area (Å²) in [5.74, 6) is -2.27. The van der Waals surface area contributed by atoms with Crippen LogP contribution >= 0.6 is 11.6 Å². The highest BCUT2D eigenvalue weighted by Gasteiger charge is 2.64. The van der Waals surface area contributed by atoms with Crippen LogP contribution in [0.3, 0.4) is 0 Å². The summed E-state index contributed by atoms with van der Waals surface area (Å²) in [6.45, 7) is 0. The van der Waals surface area contributed by atoms with Gasteiger partial charge in [0, 0.05) is 21.8 Å². The summed E-state index contributed by atoms with van der Waals surface area (Å²) in [6.07, 6.45) is 4.02. The van der Waals surface area contributed by atoms with Crippen LogP contribution < -0.4 is 9.80 Å². The number of ketones is 1. The third kappa shape index (κ3) is 3.14. The van der Waals surface area contributed by atoms with E-state index >= 15 is 0 Å². The average Bonchev–Trinajstić information content (AvgIpc) is 3.41. The highest BCUT2D eigenvalue weighted by molar-refractivity contribution is 6.31. The first kappa shape index (κ1) is 22.0. The highest BCUT2D eigenvalue weighted by atomic mass is 35.5. The van der Waals surface area contributed by atoms with E-state index in [1.54, 1.807) is 36.4 Å². The summed E-state index contributed by atoms with van der Waals surface area (Å²) in [5, 5.41) is 2.68. The van der Waals surface area contributed by atoms with Crippen LogP contribution in [0.4, 0.5) is 11.4 Å². The minimum Gasteiger partial charge on any atom is -0.352 e. The Kier molecular flexibility index (Phi) is 4.85. The third-order valence-electron chi connectivity index (χ3n) is 7.82. The molecule has 6 heteroatoms. The van der Waals surface area contributed by atoms with Crippen LogP contribution in [-0.4, -0.2) is 29.7 Å². The highest BCUT2D eigenvalue weighted by Crippen LogP contribution is 2.50. The number of imide groups is 1. The van der Waals surface area contributed by atoms with Crippen LogP contribution in [0.15, 0.2) is 97.1 Å². The molecule has 180 valence electrons. The number of nitrogens with zero attached hydrogens (tertiary/aromatic N) is 2. The SMILES string of the molecule is O=C(c1ccccc1)C1C2C(=O)N(c3ccc(Cl)cc3)C(=O)C2C2C=Cc3c(ccc4ccccc34)N21. The molecule has 4 aromatic rings. The standard InChI is InChI=1S/C31H21ClN2O3/c32-20-11-13-21(14-12-20)33-30(36)26-25-17-15-23-22-9-5-4-6-18(22)10-16-24(23)34(25)28(27(26)31(33)37)29(35)19-7-2-1-3-8-19/h1-17,25-28H. The summed E-state index contributed by atoms with van der Waals surface area (Å²) >= 11 is 6.05. The maximum absolute atomic E-state index is 14.1. The van der Waals surface area contributed by atoms with E-state index in [0.29, 0.717) is 16.3 Å². The molecule has 2 amide bonds. The number of amides is 2. The lowest BCUT2D eigenvalue weighted by molar-refractivity contribution is -0.122. The molecule has 7 rings (SSSR count). The number of rotatable bonds is 3. The van der Waals surface area contributed by atoms with E-state index < -0.39 is 23.9 Å². The number of halogens is 1. The smallest absolute Gasteiger partial charge is 0.240 e. The Bertz CT molecular complexity index is 1630. The van der Waals surface area contributed by atoms with Gasteiger partial charge in [0.1, 0.15) is 6.04 Å². The lowest BCUT2D eigenvalue weighted by Crippen LogP contribution is -2.48. The third-order valence-corrected chi connectivity index (χ3v) is 8.08. The number of fused-ring (bicyclic) bond motifs is 7. The van der Waals surface area contributed by atoms with Gasteiger partial charge in [-0.05, 0) is 41.1 Å². The van der Waals surface area contributed by atoms with Crippen molar-refractivity contribution in [3.63, 3.8) is 0 Å². The molecule has 0 radical (unpaired) electrons. The Labute approximate surface area is 218 Å². The second kappa shape index (κ2) is 8.15. The number of carbonyl (C=O) groups is 3. The lowest BCUT2D eigenvalue weighted by Gasteiger charge is -2.37. The van der Waals surface area contributed by atoms with E-state index in [4.69, 9.17) is 11.6 Å². The molecule has 0 bridgehead atoms. The summed E-state index contributed by atoms with van der Waals surface area (Å²) in [5.41, 5.74) is 2.86. The zero-order valence-corrected chi connectivity index (χ0v) is 20.4. The van der Waals surface area contributed by atoms with Crippen LogP contribution in [-0.2, 0) is 9.59 Å². The van der Waals surface area contributed by atoms with Crippen LogP contribution in [0.2, 0.25) is 5.02 Å². The fourth-order valence-electron chi connectivity index (χ4n) is 6.24. The van der Waals surface area contributed by atoms with Gasteiger partial charge < -0.3 is 4.90 Å². The first-order chi connectivity index (χ1) is 18.0.